The minimum absolute atomic E-state index is 0.459. The molecule has 0 bridgehead atoms. The third kappa shape index (κ3) is 4.21. The monoisotopic (exact) mass is 335 g/mol. The predicted molar refractivity (Wildman–Crippen MR) is 68.7 cm³/mol. The van der Waals surface area contributed by atoms with Crippen molar-refractivity contribution in [2.75, 3.05) is 0 Å². The first kappa shape index (κ1) is 13.1. The van der Waals surface area contributed by atoms with Crippen molar-refractivity contribution in [3.63, 3.8) is 0 Å². The summed E-state index contributed by atoms with van der Waals surface area (Å²) in [4.78, 5) is 4.21. The van der Waals surface area contributed by atoms with Crippen LogP contribution in [0.15, 0.2) is 21.2 Å². The lowest BCUT2D eigenvalue weighted by Gasteiger charge is -2.11. The van der Waals surface area contributed by atoms with Crippen molar-refractivity contribution in [2.24, 2.45) is 0 Å². The lowest BCUT2D eigenvalue weighted by molar-refractivity contribution is 0.158. The number of nitrogens with zero attached hydrogens (tertiary/aromatic N) is 1. The highest BCUT2D eigenvalue weighted by Gasteiger charge is 2.12. The molecular formula is C11H15Br2NO. The molecule has 0 fully saturated rings. The summed E-state index contributed by atoms with van der Waals surface area (Å²) in [6.45, 7) is 2.15. The van der Waals surface area contributed by atoms with E-state index in [0.717, 1.165) is 33.9 Å². The molecule has 0 aliphatic carbocycles. The third-order valence-corrected chi connectivity index (χ3v) is 3.30. The molecule has 1 atom stereocenters. The SMILES string of the molecule is CCCCCC(O)c1ncc(Br)cc1Br. The summed E-state index contributed by atoms with van der Waals surface area (Å²) in [6.07, 6.45) is 5.40. The van der Waals surface area contributed by atoms with Gasteiger partial charge in [0.05, 0.1) is 11.8 Å². The number of hydrogen-bond donors (Lipinski definition) is 1. The van der Waals surface area contributed by atoms with Crippen molar-refractivity contribution >= 4 is 31.9 Å². The Balaban J connectivity index is 2.61. The number of aromatic nitrogens is 1. The minimum Gasteiger partial charge on any atom is -0.387 e. The first-order valence-electron chi connectivity index (χ1n) is 5.14. The van der Waals surface area contributed by atoms with Gasteiger partial charge in [0, 0.05) is 15.1 Å². The Hall–Kier alpha value is 0.0700. The molecule has 0 spiro atoms. The fourth-order valence-corrected chi connectivity index (χ4v) is 2.65. The first-order valence-corrected chi connectivity index (χ1v) is 6.72. The molecule has 1 unspecified atom stereocenters. The lowest BCUT2D eigenvalue weighted by atomic mass is 10.1. The van der Waals surface area contributed by atoms with E-state index in [1.807, 2.05) is 6.07 Å². The normalized spacial score (nSPS) is 12.8. The van der Waals surface area contributed by atoms with E-state index in [2.05, 4.69) is 43.8 Å². The Labute approximate surface area is 107 Å². The van der Waals surface area contributed by atoms with Gasteiger partial charge in [0.1, 0.15) is 0 Å². The van der Waals surface area contributed by atoms with Gasteiger partial charge in [-0.3, -0.25) is 4.98 Å². The van der Waals surface area contributed by atoms with Crippen LogP contribution in [0.25, 0.3) is 0 Å². The zero-order chi connectivity index (χ0) is 11.3. The number of unbranched alkanes of at least 4 members (excludes halogenated alkanes) is 2. The topological polar surface area (TPSA) is 33.1 Å². The minimum atomic E-state index is -0.459. The zero-order valence-corrected chi connectivity index (χ0v) is 11.9. The third-order valence-electron chi connectivity index (χ3n) is 2.23. The van der Waals surface area contributed by atoms with Gasteiger partial charge in [-0.1, -0.05) is 26.2 Å². The van der Waals surface area contributed by atoms with Crippen LogP contribution in [-0.2, 0) is 0 Å². The molecule has 0 aliphatic heterocycles. The van der Waals surface area contributed by atoms with E-state index in [-0.39, 0.29) is 0 Å². The Morgan fingerprint density at radius 3 is 2.73 bits per heavy atom. The summed E-state index contributed by atoms with van der Waals surface area (Å²) in [5, 5.41) is 9.91. The Morgan fingerprint density at radius 1 is 1.40 bits per heavy atom. The predicted octanol–water partition coefficient (Wildman–Crippen LogP) is 4.22. The van der Waals surface area contributed by atoms with Gasteiger partial charge in [0.2, 0.25) is 0 Å². The Kier molecular flexibility index (Phi) is 5.79. The molecule has 1 aromatic rings. The van der Waals surface area contributed by atoms with Crippen LogP contribution in [0.4, 0.5) is 0 Å². The van der Waals surface area contributed by atoms with Gasteiger partial charge in [-0.05, 0) is 44.3 Å². The van der Waals surface area contributed by atoms with Gasteiger partial charge in [0.15, 0.2) is 0 Å². The van der Waals surface area contributed by atoms with Crippen molar-refractivity contribution in [1.29, 1.82) is 0 Å². The maximum atomic E-state index is 9.91. The highest BCUT2D eigenvalue weighted by Crippen LogP contribution is 2.27. The van der Waals surface area contributed by atoms with E-state index in [0.29, 0.717) is 0 Å². The van der Waals surface area contributed by atoms with Gasteiger partial charge in [-0.15, -0.1) is 0 Å². The second kappa shape index (κ2) is 6.61. The summed E-state index contributed by atoms with van der Waals surface area (Å²) in [7, 11) is 0. The molecule has 0 saturated heterocycles. The molecular weight excluding hydrogens is 322 g/mol. The van der Waals surface area contributed by atoms with Crippen LogP contribution in [0.5, 0.6) is 0 Å². The van der Waals surface area contributed by atoms with E-state index in [1.165, 1.54) is 6.42 Å². The fraction of sp³-hybridized carbons (Fsp3) is 0.545. The van der Waals surface area contributed by atoms with E-state index in [4.69, 9.17) is 0 Å². The smallest absolute Gasteiger partial charge is 0.0971 e. The van der Waals surface area contributed by atoms with Crippen LogP contribution in [0.2, 0.25) is 0 Å². The van der Waals surface area contributed by atoms with E-state index < -0.39 is 6.10 Å². The van der Waals surface area contributed by atoms with E-state index in [9.17, 15) is 5.11 Å². The molecule has 84 valence electrons. The van der Waals surface area contributed by atoms with Gasteiger partial charge >= 0.3 is 0 Å². The first-order chi connectivity index (χ1) is 7.15. The quantitative estimate of drug-likeness (QED) is 0.816. The summed E-state index contributed by atoms with van der Waals surface area (Å²) in [5.74, 6) is 0. The van der Waals surface area contributed by atoms with Gasteiger partial charge in [-0.25, -0.2) is 0 Å². The maximum absolute atomic E-state index is 9.91. The molecule has 1 aromatic heterocycles. The molecule has 4 heteroatoms. The Bertz CT molecular complexity index is 317. The van der Waals surface area contributed by atoms with Crippen LogP contribution in [0.3, 0.4) is 0 Å². The van der Waals surface area contributed by atoms with Gasteiger partial charge in [0.25, 0.3) is 0 Å². The van der Waals surface area contributed by atoms with Crippen LogP contribution in [0, 0.1) is 0 Å². The van der Waals surface area contributed by atoms with Gasteiger partial charge < -0.3 is 5.11 Å². The molecule has 2 nitrogen and oxygen atoms in total. The molecule has 0 radical (unpaired) electrons. The van der Waals surface area contributed by atoms with Crippen LogP contribution >= 0.6 is 31.9 Å². The van der Waals surface area contributed by atoms with Crippen LogP contribution in [-0.4, -0.2) is 10.1 Å². The number of rotatable bonds is 5. The number of aliphatic hydroxyl groups is 1. The van der Waals surface area contributed by atoms with Gasteiger partial charge in [-0.2, -0.15) is 0 Å². The summed E-state index contributed by atoms with van der Waals surface area (Å²) < 4.78 is 1.78. The van der Waals surface area contributed by atoms with Crippen molar-refractivity contribution < 1.29 is 5.11 Å². The molecule has 0 aliphatic rings. The largest absolute Gasteiger partial charge is 0.387 e. The molecule has 15 heavy (non-hydrogen) atoms. The van der Waals surface area contributed by atoms with Crippen molar-refractivity contribution in [2.45, 2.75) is 38.7 Å². The van der Waals surface area contributed by atoms with Crippen molar-refractivity contribution in [3.05, 3.63) is 26.9 Å². The maximum Gasteiger partial charge on any atom is 0.0971 e. The number of halogens is 2. The van der Waals surface area contributed by atoms with E-state index in [1.54, 1.807) is 6.20 Å². The highest BCUT2D eigenvalue weighted by atomic mass is 79.9. The number of hydrogen-bond acceptors (Lipinski definition) is 2. The highest BCUT2D eigenvalue weighted by molar-refractivity contribution is 9.11. The van der Waals surface area contributed by atoms with E-state index >= 15 is 0 Å². The van der Waals surface area contributed by atoms with Crippen molar-refractivity contribution in [1.82, 2.24) is 4.98 Å². The Morgan fingerprint density at radius 2 is 2.13 bits per heavy atom. The molecule has 1 rings (SSSR count). The standard InChI is InChI=1S/C11H15Br2NO/c1-2-3-4-5-10(15)11-9(13)6-8(12)7-14-11/h6-7,10,15H,2-5H2,1H3. The molecule has 0 aromatic carbocycles. The zero-order valence-electron chi connectivity index (χ0n) is 8.71. The average Bonchev–Trinajstić information content (AvgIpc) is 2.17. The average molecular weight is 337 g/mol. The fourth-order valence-electron chi connectivity index (χ4n) is 1.39. The van der Waals surface area contributed by atoms with Crippen LogP contribution < -0.4 is 0 Å². The molecule has 0 amide bonds. The summed E-state index contributed by atoms with van der Waals surface area (Å²) >= 11 is 6.74. The molecule has 1 N–H and O–H groups in total. The summed E-state index contributed by atoms with van der Waals surface area (Å²) in [5.41, 5.74) is 0.731. The second-order valence-corrected chi connectivity index (χ2v) is 5.30. The summed E-state index contributed by atoms with van der Waals surface area (Å²) in [6, 6.07) is 1.91. The number of pyridine rings is 1. The van der Waals surface area contributed by atoms with Crippen molar-refractivity contribution in [3.8, 4) is 0 Å². The second-order valence-electron chi connectivity index (χ2n) is 3.53. The van der Waals surface area contributed by atoms with Crippen LogP contribution in [0.1, 0.15) is 44.4 Å². The molecule has 1 heterocycles. The number of aliphatic hydroxyl groups excluding tert-OH is 1. The molecule has 0 saturated carbocycles. The lowest BCUT2D eigenvalue weighted by Crippen LogP contribution is -2.01.